The van der Waals surface area contributed by atoms with Crippen molar-refractivity contribution in [1.82, 2.24) is 9.97 Å². The molecule has 0 atom stereocenters. The highest BCUT2D eigenvalue weighted by Crippen LogP contribution is 2.27. The van der Waals surface area contributed by atoms with Crippen LogP contribution in [0.2, 0.25) is 0 Å². The van der Waals surface area contributed by atoms with Gasteiger partial charge in [0.05, 0.1) is 14.2 Å². The van der Waals surface area contributed by atoms with Gasteiger partial charge in [0.15, 0.2) is 23.1 Å². The van der Waals surface area contributed by atoms with E-state index in [1.807, 2.05) is 18.2 Å². The number of hydrogen-bond acceptors (Lipinski definition) is 8. The molecular weight excluding hydrogens is 284 g/mol. The number of nitrogen functional groups attached to an aromatic ring is 3. The molecule has 0 spiro atoms. The second-order valence-electron chi connectivity index (χ2n) is 4.60. The van der Waals surface area contributed by atoms with Crippen LogP contribution < -0.4 is 32.0 Å². The van der Waals surface area contributed by atoms with Crippen LogP contribution in [0.5, 0.6) is 11.5 Å². The molecule has 0 fully saturated rings. The SMILES string of the molecule is COc1ccc(CCNc2nc(N)c(N)c(N)n2)cc1OC. The first kappa shape index (κ1) is 15.5. The Bertz CT molecular complexity index is 639. The van der Waals surface area contributed by atoms with Gasteiger partial charge in [-0.3, -0.25) is 0 Å². The average Bonchev–Trinajstić information content (AvgIpc) is 2.52. The molecule has 0 radical (unpaired) electrons. The molecule has 8 nitrogen and oxygen atoms in total. The molecule has 0 saturated carbocycles. The first-order valence-electron chi connectivity index (χ1n) is 6.68. The monoisotopic (exact) mass is 304 g/mol. The third-order valence-electron chi connectivity index (χ3n) is 3.15. The number of nitrogens with two attached hydrogens (primary N) is 3. The summed E-state index contributed by atoms with van der Waals surface area (Å²) in [7, 11) is 3.21. The van der Waals surface area contributed by atoms with E-state index < -0.39 is 0 Å². The Balaban J connectivity index is 1.99. The van der Waals surface area contributed by atoms with Crippen LogP contribution in [0, 0.1) is 0 Å². The van der Waals surface area contributed by atoms with Crippen molar-refractivity contribution in [3.8, 4) is 11.5 Å². The molecule has 0 saturated heterocycles. The van der Waals surface area contributed by atoms with Gasteiger partial charge in [-0.15, -0.1) is 0 Å². The minimum absolute atomic E-state index is 0.168. The summed E-state index contributed by atoms with van der Waals surface area (Å²) in [6, 6.07) is 5.76. The van der Waals surface area contributed by atoms with Gasteiger partial charge in [0.2, 0.25) is 5.95 Å². The van der Waals surface area contributed by atoms with E-state index in [0.717, 1.165) is 12.0 Å². The highest BCUT2D eigenvalue weighted by Gasteiger charge is 2.07. The van der Waals surface area contributed by atoms with E-state index in [-0.39, 0.29) is 17.3 Å². The zero-order valence-corrected chi connectivity index (χ0v) is 12.6. The van der Waals surface area contributed by atoms with Gasteiger partial charge in [-0.2, -0.15) is 9.97 Å². The van der Waals surface area contributed by atoms with E-state index in [0.29, 0.717) is 24.0 Å². The molecule has 0 bridgehead atoms. The Hall–Kier alpha value is -2.90. The minimum atomic E-state index is 0.168. The van der Waals surface area contributed by atoms with Gasteiger partial charge in [0, 0.05) is 6.54 Å². The molecule has 8 heteroatoms. The summed E-state index contributed by atoms with van der Waals surface area (Å²) in [5, 5.41) is 3.06. The number of methoxy groups -OCH3 is 2. The number of benzene rings is 1. The van der Waals surface area contributed by atoms with E-state index in [9.17, 15) is 0 Å². The molecule has 0 aliphatic heterocycles. The summed E-state index contributed by atoms with van der Waals surface area (Å²) in [6.07, 6.45) is 0.744. The van der Waals surface area contributed by atoms with Crippen LogP contribution in [-0.2, 0) is 6.42 Å². The first-order chi connectivity index (χ1) is 10.5. The fourth-order valence-electron chi connectivity index (χ4n) is 1.94. The zero-order valence-electron chi connectivity index (χ0n) is 12.6. The normalized spacial score (nSPS) is 10.3. The minimum Gasteiger partial charge on any atom is -0.493 e. The molecule has 118 valence electrons. The topological polar surface area (TPSA) is 134 Å². The van der Waals surface area contributed by atoms with Gasteiger partial charge in [-0.05, 0) is 24.1 Å². The lowest BCUT2D eigenvalue weighted by atomic mass is 10.1. The van der Waals surface area contributed by atoms with Crippen LogP contribution in [0.1, 0.15) is 5.56 Å². The summed E-state index contributed by atoms with van der Waals surface area (Å²) in [6.45, 7) is 0.609. The lowest BCUT2D eigenvalue weighted by molar-refractivity contribution is 0.354. The zero-order chi connectivity index (χ0) is 16.1. The predicted molar refractivity (Wildman–Crippen MR) is 87.0 cm³/mol. The fraction of sp³-hybridized carbons (Fsp3) is 0.286. The molecule has 2 rings (SSSR count). The van der Waals surface area contributed by atoms with Crippen molar-refractivity contribution in [2.24, 2.45) is 0 Å². The van der Waals surface area contributed by atoms with Crippen molar-refractivity contribution in [1.29, 1.82) is 0 Å². The Morgan fingerprint density at radius 2 is 1.64 bits per heavy atom. The highest BCUT2D eigenvalue weighted by molar-refractivity contribution is 5.72. The van der Waals surface area contributed by atoms with Crippen molar-refractivity contribution < 1.29 is 9.47 Å². The lowest BCUT2D eigenvalue weighted by Crippen LogP contribution is -2.12. The van der Waals surface area contributed by atoms with Crippen molar-refractivity contribution >= 4 is 23.3 Å². The van der Waals surface area contributed by atoms with Gasteiger partial charge < -0.3 is 32.0 Å². The quantitative estimate of drug-likeness (QED) is 0.618. The van der Waals surface area contributed by atoms with Gasteiger partial charge in [0.1, 0.15) is 5.69 Å². The third-order valence-corrected chi connectivity index (χ3v) is 3.15. The molecule has 2 aromatic rings. The Morgan fingerprint density at radius 3 is 2.23 bits per heavy atom. The smallest absolute Gasteiger partial charge is 0.226 e. The standard InChI is InChI=1S/C14H20N6O2/c1-21-9-4-3-8(7-10(9)22-2)5-6-18-14-19-12(16)11(15)13(17)20-14/h3-4,7H,5-6,15H2,1-2H3,(H5,16,17,18,19,20). The Morgan fingerprint density at radius 1 is 1.00 bits per heavy atom. The second-order valence-corrected chi connectivity index (χ2v) is 4.60. The Kier molecular flexibility index (Phi) is 4.72. The van der Waals surface area contributed by atoms with Crippen molar-refractivity contribution in [3.05, 3.63) is 23.8 Å². The van der Waals surface area contributed by atoms with Gasteiger partial charge >= 0.3 is 0 Å². The summed E-state index contributed by atoms with van der Waals surface area (Å²) in [4.78, 5) is 8.06. The molecule has 1 aromatic carbocycles. The number of ether oxygens (including phenoxy) is 2. The fourth-order valence-corrected chi connectivity index (χ4v) is 1.94. The maximum atomic E-state index is 5.65. The van der Waals surface area contributed by atoms with E-state index in [2.05, 4.69) is 15.3 Å². The first-order valence-corrected chi connectivity index (χ1v) is 6.68. The molecular formula is C14H20N6O2. The molecule has 1 aromatic heterocycles. The van der Waals surface area contributed by atoms with Crippen molar-refractivity contribution in [3.63, 3.8) is 0 Å². The summed E-state index contributed by atoms with van der Waals surface area (Å²) < 4.78 is 10.5. The number of hydrogen-bond donors (Lipinski definition) is 4. The van der Waals surface area contributed by atoms with E-state index >= 15 is 0 Å². The summed E-state index contributed by atoms with van der Waals surface area (Å²) >= 11 is 0. The van der Waals surface area contributed by atoms with Crippen LogP contribution >= 0.6 is 0 Å². The van der Waals surface area contributed by atoms with Crippen molar-refractivity contribution in [2.45, 2.75) is 6.42 Å². The Labute approximate surface area is 128 Å². The lowest BCUT2D eigenvalue weighted by Gasteiger charge is -2.11. The molecule has 0 aliphatic carbocycles. The van der Waals surface area contributed by atoms with Gasteiger partial charge in [-0.25, -0.2) is 0 Å². The average molecular weight is 304 g/mol. The molecule has 22 heavy (non-hydrogen) atoms. The molecule has 0 aliphatic rings. The van der Waals surface area contributed by atoms with Crippen LogP contribution in [0.4, 0.5) is 23.3 Å². The molecule has 1 heterocycles. The molecule has 7 N–H and O–H groups in total. The van der Waals surface area contributed by atoms with Crippen LogP contribution in [0.25, 0.3) is 0 Å². The van der Waals surface area contributed by atoms with E-state index in [1.54, 1.807) is 14.2 Å². The van der Waals surface area contributed by atoms with Gasteiger partial charge in [0.25, 0.3) is 0 Å². The maximum absolute atomic E-state index is 5.65. The van der Waals surface area contributed by atoms with Crippen LogP contribution in [0.15, 0.2) is 18.2 Å². The number of anilines is 4. The maximum Gasteiger partial charge on any atom is 0.226 e. The summed E-state index contributed by atoms with van der Waals surface area (Å²) in [5.41, 5.74) is 18.2. The summed E-state index contributed by atoms with van der Waals surface area (Å²) in [5.74, 6) is 2.07. The van der Waals surface area contributed by atoms with Crippen LogP contribution in [0.3, 0.4) is 0 Å². The number of nitrogens with one attached hydrogen (secondary N) is 1. The highest BCUT2D eigenvalue weighted by atomic mass is 16.5. The second kappa shape index (κ2) is 6.70. The third kappa shape index (κ3) is 3.40. The predicted octanol–water partition coefficient (Wildman–Crippen LogP) is 0.895. The number of nitrogens with zero attached hydrogens (tertiary/aromatic N) is 2. The molecule has 0 amide bonds. The number of rotatable bonds is 6. The van der Waals surface area contributed by atoms with E-state index in [1.165, 1.54) is 0 Å². The van der Waals surface area contributed by atoms with E-state index in [4.69, 9.17) is 26.7 Å². The number of aromatic nitrogens is 2. The van der Waals surface area contributed by atoms with Gasteiger partial charge in [-0.1, -0.05) is 6.07 Å². The molecule has 0 unspecified atom stereocenters. The van der Waals surface area contributed by atoms with Crippen molar-refractivity contribution in [2.75, 3.05) is 43.3 Å². The largest absolute Gasteiger partial charge is 0.493 e. The van der Waals surface area contributed by atoms with Crippen LogP contribution in [-0.4, -0.2) is 30.7 Å².